The van der Waals surface area contributed by atoms with Crippen molar-refractivity contribution in [3.8, 4) is 0 Å². The number of esters is 1. The molecule has 0 spiro atoms. The number of ether oxygens (including phenoxy) is 1. The number of hydrogen-bond acceptors (Lipinski definition) is 4. The number of ketones is 1. The topological polar surface area (TPSA) is 61.2 Å². The van der Waals surface area contributed by atoms with Crippen LogP contribution in [0.2, 0.25) is 0 Å². The van der Waals surface area contributed by atoms with E-state index in [2.05, 4.69) is 9.84 Å². The molecule has 0 aliphatic heterocycles. The summed E-state index contributed by atoms with van der Waals surface area (Å²) < 4.78 is 5.87. The van der Waals surface area contributed by atoms with Crippen LogP contribution in [0.1, 0.15) is 17.3 Å². The molecule has 5 heteroatoms. The predicted molar refractivity (Wildman–Crippen MR) is 44.2 cm³/mol. The van der Waals surface area contributed by atoms with Crippen molar-refractivity contribution in [2.24, 2.45) is 0 Å². The van der Waals surface area contributed by atoms with E-state index < -0.39 is 5.97 Å². The van der Waals surface area contributed by atoms with Gasteiger partial charge in [0.25, 0.3) is 0 Å². The van der Waals surface area contributed by atoms with Gasteiger partial charge in [-0.05, 0) is 6.92 Å². The Labute approximate surface area is 75.3 Å². The van der Waals surface area contributed by atoms with E-state index >= 15 is 0 Å². The minimum Gasteiger partial charge on any atom is -0.465 e. The van der Waals surface area contributed by atoms with Crippen LogP contribution in [-0.2, 0) is 16.1 Å². The van der Waals surface area contributed by atoms with Crippen LogP contribution in [0, 0.1) is 0 Å². The van der Waals surface area contributed by atoms with E-state index in [9.17, 15) is 9.59 Å². The van der Waals surface area contributed by atoms with Crippen LogP contribution in [-0.4, -0.2) is 28.6 Å². The Morgan fingerprint density at radius 3 is 2.85 bits per heavy atom. The van der Waals surface area contributed by atoms with Crippen LogP contribution in [0.4, 0.5) is 0 Å². The lowest BCUT2D eigenvalue weighted by Crippen LogP contribution is -2.06. The maximum absolute atomic E-state index is 11.0. The summed E-state index contributed by atoms with van der Waals surface area (Å²) in [5.74, 6) is -0.464. The van der Waals surface area contributed by atoms with Crippen molar-refractivity contribution in [3.63, 3.8) is 0 Å². The van der Waals surface area contributed by atoms with Gasteiger partial charge >= 0.3 is 5.97 Å². The van der Waals surface area contributed by atoms with E-state index in [0.717, 1.165) is 0 Å². The molecule has 0 aliphatic rings. The molecule has 0 aromatic carbocycles. The molecule has 0 N–H and O–H groups in total. The first-order valence-electron chi connectivity index (χ1n) is 3.73. The van der Waals surface area contributed by atoms with Gasteiger partial charge in [-0.2, -0.15) is 5.10 Å². The largest absolute Gasteiger partial charge is 0.465 e. The van der Waals surface area contributed by atoms with E-state index in [-0.39, 0.29) is 12.3 Å². The molecule has 1 heterocycles. The molecule has 1 aromatic heterocycles. The quantitative estimate of drug-likeness (QED) is 0.629. The molecule has 0 saturated heterocycles. The number of rotatable bonds is 3. The Bertz CT molecular complexity index is 330. The van der Waals surface area contributed by atoms with Crippen molar-refractivity contribution >= 4 is 11.8 Å². The van der Waals surface area contributed by atoms with Gasteiger partial charge in [-0.25, -0.2) is 4.79 Å². The summed E-state index contributed by atoms with van der Waals surface area (Å²) in [5.41, 5.74) is 0.351. The Balaban J connectivity index is 2.74. The van der Waals surface area contributed by atoms with Gasteiger partial charge in [-0.1, -0.05) is 0 Å². The molecule has 0 amide bonds. The third-order valence-electron chi connectivity index (χ3n) is 1.44. The molecule has 0 bridgehead atoms. The summed E-state index contributed by atoms with van der Waals surface area (Å²) in [6.07, 6.45) is 2.85. The molecule has 0 saturated carbocycles. The van der Waals surface area contributed by atoms with E-state index in [0.29, 0.717) is 5.56 Å². The van der Waals surface area contributed by atoms with E-state index in [1.165, 1.54) is 31.1 Å². The fourth-order valence-corrected chi connectivity index (χ4v) is 0.901. The highest BCUT2D eigenvalue weighted by Crippen LogP contribution is 1.99. The third kappa shape index (κ3) is 2.40. The number of hydrogen-bond donors (Lipinski definition) is 0. The van der Waals surface area contributed by atoms with E-state index in [1.54, 1.807) is 0 Å². The first-order chi connectivity index (χ1) is 6.13. The minimum atomic E-state index is -0.449. The van der Waals surface area contributed by atoms with Gasteiger partial charge in [0.2, 0.25) is 0 Å². The molecule has 0 aliphatic carbocycles. The van der Waals surface area contributed by atoms with Gasteiger partial charge < -0.3 is 4.74 Å². The summed E-state index contributed by atoms with van der Waals surface area (Å²) in [6.45, 7) is 1.64. The molecule has 13 heavy (non-hydrogen) atoms. The Hall–Kier alpha value is -1.65. The van der Waals surface area contributed by atoms with E-state index in [1.807, 2.05) is 0 Å². The van der Waals surface area contributed by atoms with Crippen molar-refractivity contribution in [1.82, 2.24) is 9.78 Å². The zero-order valence-corrected chi connectivity index (χ0v) is 7.48. The zero-order chi connectivity index (χ0) is 9.84. The second kappa shape index (κ2) is 3.84. The highest BCUT2D eigenvalue weighted by Gasteiger charge is 2.08. The normalized spacial score (nSPS) is 9.69. The van der Waals surface area contributed by atoms with Crippen molar-refractivity contribution in [2.75, 3.05) is 7.11 Å². The van der Waals surface area contributed by atoms with Gasteiger partial charge in [0, 0.05) is 6.20 Å². The average Bonchev–Trinajstić information content (AvgIpc) is 2.50. The summed E-state index contributed by atoms with van der Waals surface area (Å²) >= 11 is 0. The van der Waals surface area contributed by atoms with Crippen LogP contribution < -0.4 is 0 Å². The smallest absolute Gasteiger partial charge is 0.341 e. The maximum Gasteiger partial charge on any atom is 0.341 e. The summed E-state index contributed by atoms with van der Waals surface area (Å²) in [5, 5.41) is 3.82. The highest BCUT2D eigenvalue weighted by molar-refractivity contribution is 5.88. The van der Waals surface area contributed by atoms with Gasteiger partial charge in [0.15, 0.2) is 5.78 Å². The van der Waals surface area contributed by atoms with Crippen molar-refractivity contribution < 1.29 is 14.3 Å². The molecule has 0 unspecified atom stereocenters. The van der Waals surface area contributed by atoms with E-state index in [4.69, 9.17) is 0 Å². The van der Waals surface area contributed by atoms with Crippen molar-refractivity contribution in [1.29, 1.82) is 0 Å². The Kier molecular flexibility index (Phi) is 2.79. The van der Waals surface area contributed by atoms with Gasteiger partial charge in [-0.15, -0.1) is 0 Å². The predicted octanol–water partition coefficient (Wildman–Crippen LogP) is 0.259. The van der Waals surface area contributed by atoms with Crippen LogP contribution >= 0.6 is 0 Å². The highest BCUT2D eigenvalue weighted by atomic mass is 16.5. The summed E-state index contributed by atoms with van der Waals surface area (Å²) in [4.78, 5) is 21.6. The van der Waals surface area contributed by atoms with Crippen LogP contribution in [0.15, 0.2) is 12.4 Å². The number of Topliss-reactive ketones (excluding diaryl/α,β-unsaturated/α-hetero) is 1. The van der Waals surface area contributed by atoms with Gasteiger partial charge in [-0.3, -0.25) is 9.48 Å². The average molecular weight is 182 g/mol. The molecule has 70 valence electrons. The summed E-state index contributed by atoms with van der Waals surface area (Å²) in [7, 11) is 1.30. The molecule has 5 nitrogen and oxygen atoms in total. The molecule has 0 atom stereocenters. The second-order valence-corrected chi connectivity index (χ2v) is 2.62. The monoisotopic (exact) mass is 182 g/mol. The van der Waals surface area contributed by atoms with Crippen LogP contribution in [0.25, 0.3) is 0 Å². The fourth-order valence-electron chi connectivity index (χ4n) is 0.901. The number of carbonyl (C=O) groups excluding carboxylic acids is 2. The molecule has 0 fully saturated rings. The number of aromatic nitrogens is 2. The Morgan fingerprint density at radius 2 is 2.31 bits per heavy atom. The molecular weight excluding hydrogens is 172 g/mol. The first-order valence-corrected chi connectivity index (χ1v) is 3.73. The van der Waals surface area contributed by atoms with Crippen LogP contribution in [0.5, 0.6) is 0 Å². The first kappa shape index (κ1) is 9.44. The number of methoxy groups -OCH3 is 1. The van der Waals surface area contributed by atoms with Crippen molar-refractivity contribution in [2.45, 2.75) is 13.5 Å². The molecule has 1 aromatic rings. The fraction of sp³-hybridized carbons (Fsp3) is 0.375. The van der Waals surface area contributed by atoms with Crippen molar-refractivity contribution in [3.05, 3.63) is 18.0 Å². The SMILES string of the molecule is COC(=O)c1cnn(CC(C)=O)c1. The lowest BCUT2D eigenvalue weighted by atomic mass is 10.4. The minimum absolute atomic E-state index is 0.0143. The number of nitrogens with zero attached hydrogens (tertiary/aromatic N) is 2. The maximum atomic E-state index is 11.0. The van der Waals surface area contributed by atoms with Gasteiger partial charge in [0.05, 0.1) is 25.4 Å². The molecular formula is C8H10N2O3. The lowest BCUT2D eigenvalue weighted by Gasteiger charge is -1.94. The van der Waals surface area contributed by atoms with Gasteiger partial charge in [0.1, 0.15) is 0 Å². The summed E-state index contributed by atoms with van der Waals surface area (Å²) in [6, 6.07) is 0. The number of carbonyl (C=O) groups is 2. The zero-order valence-electron chi connectivity index (χ0n) is 7.48. The third-order valence-corrected chi connectivity index (χ3v) is 1.44. The Morgan fingerprint density at radius 1 is 1.62 bits per heavy atom. The second-order valence-electron chi connectivity index (χ2n) is 2.62. The standard InChI is InChI=1S/C8H10N2O3/c1-6(11)4-10-5-7(3-9-10)8(12)13-2/h3,5H,4H2,1-2H3. The molecule has 0 radical (unpaired) electrons. The lowest BCUT2D eigenvalue weighted by molar-refractivity contribution is -0.117. The molecule has 1 rings (SSSR count). The van der Waals surface area contributed by atoms with Crippen LogP contribution in [0.3, 0.4) is 0 Å².